The Kier molecular flexibility index (Phi) is 1.31. The zero-order valence-electron chi connectivity index (χ0n) is 5.73. The van der Waals surface area contributed by atoms with Crippen molar-refractivity contribution in [2.75, 3.05) is 6.54 Å². The Morgan fingerprint density at radius 1 is 1.56 bits per heavy atom. The summed E-state index contributed by atoms with van der Waals surface area (Å²) in [5.41, 5.74) is 0.681. The molecule has 1 heterocycles. The molecule has 1 atom stereocenters. The third-order valence-corrected chi connectivity index (χ3v) is 4.36. The van der Waals surface area contributed by atoms with Gasteiger partial charge in [0.2, 0.25) is 0 Å². The summed E-state index contributed by atoms with van der Waals surface area (Å²) in [6, 6.07) is 0. The summed E-state index contributed by atoms with van der Waals surface area (Å²) in [6.45, 7) is 3.72. The lowest BCUT2D eigenvalue weighted by molar-refractivity contribution is 0.381. The highest BCUT2D eigenvalue weighted by Gasteiger charge is 2.54. The van der Waals surface area contributed by atoms with E-state index in [1.165, 1.54) is 25.8 Å². The minimum atomic E-state index is 0.681. The molecule has 0 aromatic heterocycles. The third-order valence-electron chi connectivity index (χ3n) is 2.92. The first kappa shape index (κ1) is 6.40. The SMILES string of the molecule is CC1CCN(I)C12CC2. The van der Waals surface area contributed by atoms with Crippen molar-refractivity contribution in [1.29, 1.82) is 0 Å². The molecule has 1 aliphatic carbocycles. The molecular weight excluding hydrogens is 225 g/mol. The van der Waals surface area contributed by atoms with E-state index in [1.807, 2.05) is 0 Å². The van der Waals surface area contributed by atoms with Gasteiger partial charge in [0.1, 0.15) is 0 Å². The predicted octanol–water partition coefficient (Wildman–Crippen LogP) is 2.21. The highest BCUT2D eigenvalue weighted by atomic mass is 127. The van der Waals surface area contributed by atoms with E-state index in [0.717, 1.165) is 5.92 Å². The zero-order valence-corrected chi connectivity index (χ0v) is 7.89. The molecule has 52 valence electrons. The van der Waals surface area contributed by atoms with Crippen LogP contribution in [0.1, 0.15) is 26.2 Å². The Labute approximate surface area is 70.3 Å². The first-order chi connectivity index (χ1) is 4.26. The summed E-state index contributed by atoms with van der Waals surface area (Å²) in [4.78, 5) is 0. The van der Waals surface area contributed by atoms with E-state index in [2.05, 4.69) is 32.9 Å². The van der Waals surface area contributed by atoms with E-state index in [-0.39, 0.29) is 0 Å². The van der Waals surface area contributed by atoms with Crippen LogP contribution in [0.2, 0.25) is 0 Å². The lowest BCUT2D eigenvalue weighted by atomic mass is 10.0. The minimum absolute atomic E-state index is 0.681. The topological polar surface area (TPSA) is 3.24 Å². The molecule has 0 aromatic carbocycles. The van der Waals surface area contributed by atoms with Crippen molar-refractivity contribution in [3.63, 3.8) is 0 Å². The second-order valence-corrected chi connectivity index (χ2v) is 4.54. The summed E-state index contributed by atoms with van der Waals surface area (Å²) >= 11 is 2.49. The van der Waals surface area contributed by atoms with Gasteiger partial charge in [-0.2, -0.15) is 0 Å². The van der Waals surface area contributed by atoms with Crippen molar-refractivity contribution in [1.82, 2.24) is 3.11 Å². The molecule has 0 aromatic rings. The maximum absolute atomic E-state index is 2.52. The predicted molar refractivity (Wildman–Crippen MR) is 46.5 cm³/mol. The van der Waals surface area contributed by atoms with E-state index < -0.39 is 0 Å². The van der Waals surface area contributed by atoms with Crippen LogP contribution < -0.4 is 0 Å². The molecule has 1 saturated heterocycles. The third kappa shape index (κ3) is 0.755. The highest BCUT2D eigenvalue weighted by molar-refractivity contribution is 14.1. The van der Waals surface area contributed by atoms with E-state index in [0.29, 0.717) is 5.54 Å². The maximum Gasteiger partial charge on any atom is 0.0332 e. The Morgan fingerprint density at radius 2 is 2.22 bits per heavy atom. The number of hydrogen-bond donors (Lipinski definition) is 0. The zero-order chi connectivity index (χ0) is 6.48. The van der Waals surface area contributed by atoms with Crippen LogP contribution in [0.15, 0.2) is 0 Å². The lowest BCUT2D eigenvalue weighted by Crippen LogP contribution is -2.25. The van der Waals surface area contributed by atoms with Crippen molar-refractivity contribution in [2.24, 2.45) is 5.92 Å². The van der Waals surface area contributed by atoms with Gasteiger partial charge in [0.25, 0.3) is 0 Å². The standard InChI is InChI=1S/C7H12IN/c1-6-2-5-9(8)7(6)3-4-7/h6H,2-5H2,1H3. The van der Waals surface area contributed by atoms with Crippen molar-refractivity contribution in [2.45, 2.75) is 31.7 Å². The number of halogens is 1. The average Bonchev–Trinajstić information content (AvgIpc) is 2.56. The van der Waals surface area contributed by atoms with Gasteiger partial charge < -0.3 is 0 Å². The molecular formula is C7H12IN. The van der Waals surface area contributed by atoms with Gasteiger partial charge in [0.05, 0.1) is 0 Å². The molecule has 2 aliphatic rings. The van der Waals surface area contributed by atoms with Crippen LogP contribution in [0.25, 0.3) is 0 Å². The normalized spacial score (nSPS) is 40.0. The molecule has 0 amide bonds. The number of hydrogen-bond acceptors (Lipinski definition) is 1. The maximum atomic E-state index is 2.52. The Hall–Kier alpha value is 0.690. The van der Waals surface area contributed by atoms with Gasteiger partial charge in [0.15, 0.2) is 0 Å². The molecule has 1 aliphatic heterocycles. The smallest absolute Gasteiger partial charge is 0.0332 e. The van der Waals surface area contributed by atoms with Crippen LogP contribution in [-0.2, 0) is 0 Å². The molecule has 9 heavy (non-hydrogen) atoms. The van der Waals surface area contributed by atoms with Gasteiger partial charge >= 0.3 is 0 Å². The molecule has 0 bridgehead atoms. The Balaban J connectivity index is 2.17. The molecule has 1 saturated carbocycles. The lowest BCUT2D eigenvalue weighted by Gasteiger charge is -2.18. The van der Waals surface area contributed by atoms with Gasteiger partial charge in [-0.25, -0.2) is 3.11 Å². The molecule has 1 nitrogen and oxygen atoms in total. The molecule has 2 heteroatoms. The van der Waals surface area contributed by atoms with Crippen molar-refractivity contribution in [3.8, 4) is 0 Å². The molecule has 0 N–H and O–H groups in total. The number of nitrogens with zero attached hydrogens (tertiary/aromatic N) is 1. The minimum Gasteiger partial charge on any atom is -0.241 e. The van der Waals surface area contributed by atoms with Gasteiger partial charge in [-0.15, -0.1) is 0 Å². The van der Waals surface area contributed by atoms with Crippen LogP contribution in [0.3, 0.4) is 0 Å². The Bertz CT molecular complexity index is 119. The Morgan fingerprint density at radius 3 is 2.44 bits per heavy atom. The van der Waals surface area contributed by atoms with E-state index >= 15 is 0 Å². The van der Waals surface area contributed by atoms with Crippen molar-refractivity contribution < 1.29 is 0 Å². The fourth-order valence-electron chi connectivity index (χ4n) is 1.90. The molecule has 1 spiro atoms. The summed E-state index contributed by atoms with van der Waals surface area (Å²) in [6.07, 6.45) is 4.33. The van der Waals surface area contributed by atoms with Gasteiger partial charge in [-0.3, -0.25) is 0 Å². The first-order valence-electron chi connectivity index (χ1n) is 3.69. The second-order valence-electron chi connectivity index (χ2n) is 3.38. The summed E-state index contributed by atoms with van der Waals surface area (Å²) < 4.78 is 2.52. The average molecular weight is 237 g/mol. The molecule has 1 unspecified atom stereocenters. The number of rotatable bonds is 0. The quantitative estimate of drug-likeness (QED) is 0.461. The van der Waals surface area contributed by atoms with Gasteiger partial charge in [-0.1, -0.05) is 6.92 Å². The van der Waals surface area contributed by atoms with Crippen LogP contribution in [-0.4, -0.2) is 15.2 Å². The summed E-state index contributed by atoms with van der Waals surface area (Å²) in [5.74, 6) is 0.967. The summed E-state index contributed by atoms with van der Waals surface area (Å²) in [7, 11) is 0. The fraction of sp³-hybridized carbons (Fsp3) is 1.00. The largest absolute Gasteiger partial charge is 0.241 e. The molecule has 0 radical (unpaired) electrons. The van der Waals surface area contributed by atoms with E-state index in [9.17, 15) is 0 Å². The fourth-order valence-corrected chi connectivity index (χ4v) is 3.14. The molecule has 2 fully saturated rings. The summed E-state index contributed by atoms with van der Waals surface area (Å²) in [5, 5.41) is 0. The van der Waals surface area contributed by atoms with Crippen LogP contribution in [0, 0.1) is 5.92 Å². The van der Waals surface area contributed by atoms with Gasteiger partial charge in [-0.05, 0) is 25.2 Å². The second kappa shape index (κ2) is 1.84. The monoisotopic (exact) mass is 237 g/mol. The van der Waals surface area contributed by atoms with Gasteiger partial charge in [0, 0.05) is 34.9 Å². The van der Waals surface area contributed by atoms with E-state index in [4.69, 9.17) is 0 Å². The van der Waals surface area contributed by atoms with Crippen molar-refractivity contribution in [3.05, 3.63) is 0 Å². The van der Waals surface area contributed by atoms with Crippen molar-refractivity contribution >= 4 is 22.9 Å². The highest BCUT2D eigenvalue weighted by Crippen LogP contribution is 2.54. The molecule has 2 rings (SSSR count). The van der Waals surface area contributed by atoms with Crippen LogP contribution in [0.4, 0.5) is 0 Å². The first-order valence-corrected chi connectivity index (χ1v) is 4.66. The van der Waals surface area contributed by atoms with Crippen LogP contribution >= 0.6 is 22.9 Å². The van der Waals surface area contributed by atoms with E-state index in [1.54, 1.807) is 0 Å². The van der Waals surface area contributed by atoms with Crippen LogP contribution in [0.5, 0.6) is 0 Å².